The minimum atomic E-state index is -4.92. The standard InChI is InChI=1S/C18H12ClF3N2O3S/c19-13-3-1-2-12(8-13)17(6-7-17)16(25)24-28(26,27)14-5-4-11(10-23)15(9-14)18(20,21)22/h1-5,8-9H,6-7H2,(H,24,25). The molecule has 0 radical (unpaired) electrons. The molecule has 2 aromatic rings. The smallest absolute Gasteiger partial charge is 0.273 e. The predicted octanol–water partition coefficient (Wildman–Crippen LogP) is 3.77. The molecule has 1 fully saturated rings. The molecule has 2 aromatic carbocycles. The maximum absolute atomic E-state index is 13.1. The molecule has 146 valence electrons. The summed E-state index contributed by atoms with van der Waals surface area (Å²) in [6.45, 7) is 0. The molecule has 1 aliphatic rings. The summed E-state index contributed by atoms with van der Waals surface area (Å²) in [5.41, 5.74) is -2.66. The molecule has 28 heavy (non-hydrogen) atoms. The SMILES string of the molecule is N#Cc1ccc(S(=O)(=O)NC(=O)C2(c3cccc(Cl)c3)CC2)cc1C(F)(F)F. The van der Waals surface area contributed by atoms with Crippen LogP contribution >= 0.6 is 11.6 Å². The van der Waals surface area contributed by atoms with Gasteiger partial charge in [-0.3, -0.25) is 4.79 Å². The van der Waals surface area contributed by atoms with E-state index < -0.39 is 43.5 Å². The van der Waals surface area contributed by atoms with Gasteiger partial charge in [0.2, 0.25) is 5.91 Å². The summed E-state index contributed by atoms with van der Waals surface area (Å²) in [5, 5.41) is 9.18. The van der Waals surface area contributed by atoms with Crippen molar-refractivity contribution in [2.24, 2.45) is 0 Å². The van der Waals surface area contributed by atoms with Crippen LogP contribution in [-0.2, 0) is 26.4 Å². The van der Waals surface area contributed by atoms with E-state index in [4.69, 9.17) is 16.9 Å². The molecule has 0 saturated heterocycles. The highest BCUT2D eigenvalue weighted by molar-refractivity contribution is 7.90. The van der Waals surface area contributed by atoms with Crippen LogP contribution in [0.15, 0.2) is 47.4 Å². The Morgan fingerprint density at radius 2 is 1.86 bits per heavy atom. The molecule has 1 amide bonds. The van der Waals surface area contributed by atoms with Gasteiger partial charge in [-0.05, 0) is 48.7 Å². The number of amides is 1. The monoisotopic (exact) mass is 428 g/mol. The van der Waals surface area contributed by atoms with Gasteiger partial charge in [0.05, 0.1) is 27.5 Å². The number of benzene rings is 2. The summed E-state index contributed by atoms with van der Waals surface area (Å²) in [4.78, 5) is 11.9. The highest BCUT2D eigenvalue weighted by atomic mass is 35.5. The van der Waals surface area contributed by atoms with Crippen molar-refractivity contribution in [3.8, 4) is 6.07 Å². The Morgan fingerprint density at radius 1 is 1.18 bits per heavy atom. The van der Waals surface area contributed by atoms with E-state index in [0.717, 1.165) is 12.1 Å². The lowest BCUT2D eigenvalue weighted by Crippen LogP contribution is -2.38. The number of alkyl halides is 3. The fourth-order valence-corrected chi connectivity index (χ4v) is 4.13. The molecule has 5 nitrogen and oxygen atoms in total. The summed E-state index contributed by atoms with van der Waals surface area (Å²) >= 11 is 5.92. The van der Waals surface area contributed by atoms with Gasteiger partial charge in [-0.2, -0.15) is 18.4 Å². The van der Waals surface area contributed by atoms with Gasteiger partial charge in [0, 0.05) is 5.02 Å². The van der Waals surface area contributed by atoms with E-state index in [1.54, 1.807) is 24.3 Å². The van der Waals surface area contributed by atoms with Crippen molar-refractivity contribution < 1.29 is 26.4 Å². The molecule has 0 atom stereocenters. The van der Waals surface area contributed by atoms with Gasteiger partial charge < -0.3 is 0 Å². The molecule has 1 saturated carbocycles. The molecular weight excluding hydrogens is 417 g/mol. The van der Waals surface area contributed by atoms with E-state index >= 15 is 0 Å². The number of hydrogen-bond donors (Lipinski definition) is 1. The fraction of sp³-hybridized carbons (Fsp3) is 0.222. The average molecular weight is 429 g/mol. The Hall–Kier alpha value is -2.57. The first-order chi connectivity index (χ1) is 13.0. The highest BCUT2D eigenvalue weighted by Gasteiger charge is 2.52. The number of halogens is 4. The molecule has 3 rings (SSSR count). The molecule has 10 heteroatoms. The molecular formula is C18H12ClF3N2O3S. The Kier molecular flexibility index (Phi) is 4.89. The van der Waals surface area contributed by atoms with Crippen LogP contribution in [0.4, 0.5) is 13.2 Å². The van der Waals surface area contributed by atoms with E-state index in [-0.39, 0.29) is 0 Å². The first-order valence-corrected chi connectivity index (χ1v) is 9.80. The lowest BCUT2D eigenvalue weighted by Gasteiger charge is -2.17. The second-order valence-corrected chi connectivity index (χ2v) is 8.46. The zero-order valence-corrected chi connectivity index (χ0v) is 15.6. The van der Waals surface area contributed by atoms with Crippen LogP contribution in [0.25, 0.3) is 0 Å². The topological polar surface area (TPSA) is 87.0 Å². The van der Waals surface area contributed by atoms with E-state index in [0.29, 0.717) is 29.5 Å². The maximum Gasteiger partial charge on any atom is 0.417 e. The van der Waals surface area contributed by atoms with Gasteiger partial charge in [0.15, 0.2) is 0 Å². The first kappa shape index (κ1) is 20.2. The summed E-state index contributed by atoms with van der Waals surface area (Å²) in [7, 11) is -4.57. The number of hydrogen-bond acceptors (Lipinski definition) is 4. The van der Waals surface area contributed by atoms with E-state index in [9.17, 15) is 26.4 Å². The Balaban J connectivity index is 1.93. The minimum Gasteiger partial charge on any atom is -0.273 e. The van der Waals surface area contributed by atoms with Crippen LogP contribution in [0.5, 0.6) is 0 Å². The lowest BCUT2D eigenvalue weighted by molar-refractivity contribution is -0.137. The molecule has 1 N–H and O–H groups in total. The van der Waals surface area contributed by atoms with Gasteiger partial charge >= 0.3 is 6.18 Å². The van der Waals surface area contributed by atoms with Crippen molar-refractivity contribution in [3.05, 3.63) is 64.2 Å². The van der Waals surface area contributed by atoms with Crippen LogP contribution in [-0.4, -0.2) is 14.3 Å². The quantitative estimate of drug-likeness (QED) is 0.803. The Bertz CT molecular complexity index is 1100. The van der Waals surface area contributed by atoms with Gasteiger partial charge in [0.1, 0.15) is 0 Å². The van der Waals surface area contributed by atoms with Crippen LogP contribution < -0.4 is 4.72 Å². The van der Waals surface area contributed by atoms with Gasteiger partial charge in [-0.15, -0.1) is 0 Å². The molecule has 0 heterocycles. The summed E-state index contributed by atoms with van der Waals surface area (Å²) in [5.74, 6) is -0.840. The van der Waals surface area contributed by atoms with Crippen molar-refractivity contribution in [3.63, 3.8) is 0 Å². The third-order valence-corrected chi connectivity index (χ3v) is 6.08. The molecule has 0 aromatic heterocycles. The number of rotatable bonds is 4. The van der Waals surface area contributed by atoms with Gasteiger partial charge in [0.25, 0.3) is 10.0 Å². The number of sulfonamides is 1. The van der Waals surface area contributed by atoms with Crippen molar-refractivity contribution in [2.45, 2.75) is 29.3 Å². The Labute approximate surface area is 163 Å². The second-order valence-electron chi connectivity index (χ2n) is 6.34. The van der Waals surface area contributed by atoms with Crippen LogP contribution in [0.1, 0.15) is 29.5 Å². The first-order valence-electron chi connectivity index (χ1n) is 7.94. The predicted molar refractivity (Wildman–Crippen MR) is 93.9 cm³/mol. The molecule has 0 unspecified atom stereocenters. The van der Waals surface area contributed by atoms with Gasteiger partial charge in [-0.25, -0.2) is 13.1 Å². The van der Waals surface area contributed by atoms with Crippen LogP contribution in [0.3, 0.4) is 0 Å². The molecule has 0 aliphatic heterocycles. The number of nitriles is 1. The third-order valence-electron chi connectivity index (χ3n) is 4.52. The molecule has 1 aliphatic carbocycles. The third kappa shape index (κ3) is 3.70. The zero-order valence-electron chi connectivity index (χ0n) is 14.0. The molecule has 0 bridgehead atoms. The number of nitrogens with zero attached hydrogens (tertiary/aromatic N) is 1. The number of carbonyl (C=O) groups excluding carboxylic acids is 1. The number of carbonyl (C=O) groups is 1. The van der Waals surface area contributed by atoms with Crippen molar-refractivity contribution in [2.75, 3.05) is 0 Å². The van der Waals surface area contributed by atoms with Crippen molar-refractivity contribution in [1.82, 2.24) is 4.72 Å². The molecule has 0 spiro atoms. The van der Waals surface area contributed by atoms with Gasteiger partial charge in [-0.1, -0.05) is 23.7 Å². The normalized spacial score (nSPS) is 15.5. The lowest BCUT2D eigenvalue weighted by atomic mass is 9.95. The summed E-state index contributed by atoms with van der Waals surface area (Å²) in [6, 6.07) is 9.72. The van der Waals surface area contributed by atoms with Crippen molar-refractivity contribution >= 4 is 27.5 Å². The average Bonchev–Trinajstić information content (AvgIpc) is 3.42. The van der Waals surface area contributed by atoms with E-state index in [1.807, 2.05) is 4.72 Å². The van der Waals surface area contributed by atoms with E-state index in [2.05, 4.69) is 0 Å². The Morgan fingerprint density at radius 3 is 2.39 bits per heavy atom. The highest BCUT2D eigenvalue weighted by Crippen LogP contribution is 2.49. The number of nitrogens with one attached hydrogen (secondary N) is 1. The van der Waals surface area contributed by atoms with Crippen LogP contribution in [0, 0.1) is 11.3 Å². The summed E-state index contributed by atoms with van der Waals surface area (Å²) in [6.07, 6.45) is -4.15. The van der Waals surface area contributed by atoms with Crippen LogP contribution in [0.2, 0.25) is 5.02 Å². The second kappa shape index (κ2) is 6.79. The maximum atomic E-state index is 13.1. The zero-order chi connectivity index (χ0) is 20.7. The van der Waals surface area contributed by atoms with Crippen molar-refractivity contribution in [1.29, 1.82) is 5.26 Å². The largest absolute Gasteiger partial charge is 0.417 e. The minimum absolute atomic E-state index is 0.340. The fourth-order valence-electron chi connectivity index (χ4n) is 2.86. The van der Waals surface area contributed by atoms with E-state index in [1.165, 1.54) is 6.07 Å². The summed E-state index contributed by atoms with van der Waals surface area (Å²) < 4.78 is 66.1.